The molecule has 21 heavy (non-hydrogen) atoms. The maximum atomic E-state index is 6.12. The minimum Gasteiger partial charge on any atom is -0.495 e. The van der Waals surface area contributed by atoms with E-state index in [1.54, 1.807) is 23.8 Å². The van der Waals surface area contributed by atoms with E-state index in [9.17, 15) is 0 Å². The first-order valence-corrected chi connectivity index (χ1v) is 6.82. The van der Waals surface area contributed by atoms with Gasteiger partial charge in [0.1, 0.15) is 23.0 Å². The van der Waals surface area contributed by atoms with Crippen molar-refractivity contribution in [2.24, 2.45) is 0 Å². The second-order valence-electron chi connectivity index (χ2n) is 4.32. The van der Waals surface area contributed by atoms with Crippen molar-refractivity contribution < 1.29 is 4.74 Å². The van der Waals surface area contributed by atoms with Crippen LogP contribution < -0.4 is 10.1 Å². The molecule has 0 fully saturated rings. The number of ether oxygens (including phenoxy) is 1. The summed E-state index contributed by atoms with van der Waals surface area (Å²) in [6.07, 6.45) is 1.42. The van der Waals surface area contributed by atoms with Gasteiger partial charge in [-0.1, -0.05) is 23.2 Å². The Morgan fingerprint density at radius 2 is 2.10 bits per heavy atom. The SMILES string of the molecule is COc1cc(Nc2c(C)c(Cl)nc3ncnn23)ccc1Cl. The van der Waals surface area contributed by atoms with Gasteiger partial charge in [-0.2, -0.15) is 19.6 Å². The summed E-state index contributed by atoms with van der Waals surface area (Å²) in [5.41, 5.74) is 1.56. The van der Waals surface area contributed by atoms with Crippen LogP contribution >= 0.6 is 23.2 Å². The highest BCUT2D eigenvalue weighted by Crippen LogP contribution is 2.30. The third kappa shape index (κ3) is 2.48. The molecule has 3 aromatic rings. The lowest BCUT2D eigenvalue weighted by molar-refractivity contribution is 0.415. The summed E-state index contributed by atoms with van der Waals surface area (Å²) < 4.78 is 6.79. The average Bonchev–Trinajstić information content (AvgIpc) is 2.93. The molecule has 2 heterocycles. The molecule has 2 aromatic heterocycles. The van der Waals surface area contributed by atoms with Gasteiger partial charge in [0.15, 0.2) is 0 Å². The van der Waals surface area contributed by atoms with Crippen molar-refractivity contribution in [3.8, 4) is 5.75 Å². The number of anilines is 2. The van der Waals surface area contributed by atoms with E-state index in [2.05, 4.69) is 20.4 Å². The number of aromatic nitrogens is 4. The molecule has 108 valence electrons. The molecule has 6 nitrogen and oxygen atoms in total. The summed E-state index contributed by atoms with van der Waals surface area (Å²) in [4.78, 5) is 8.20. The molecule has 0 saturated carbocycles. The molecule has 0 aliphatic heterocycles. The van der Waals surface area contributed by atoms with Gasteiger partial charge < -0.3 is 10.1 Å². The summed E-state index contributed by atoms with van der Waals surface area (Å²) in [5.74, 6) is 1.69. The summed E-state index contributed by atoms with van der Waals surface area (Å²) in [6, 6.07) is 5.37. The Bertz CT molecular complexity index is 818. The number of nitrogens with one attached hydrogen (secondary N) is 1. The first-order valence-electron chi connectivity index (χ1n) is 6.06. The highest BCUT2D eigenvalue weighted by molar-refractivity contribution is 6.32. The van der Waals surface area contributed by atoms with Crippen LogP contribution in [0.15, 0.2) is 24.5 Å². The van der Waals surface area contributed by atoms with Crippen LogP contribution in [0.4, 0.5) is 11.5 Å². The molecule has 0 bridgehead atoms. The molecule has 0 amide bonds. The molecule has 0 unspecified atom stereocenters. The minimum absolute atomic E-state index is 0.374. The van der Waals surface area contributed by atoms with Gasteiger partial charge in [-0.3, -0.25) is 0 Å². The number of rotatable bonds is 3. The average molecular weight is 324 g/mol. The second-order valence-corrected chi connectivity index (χ2v) is 5.09. The molecular weight excluding hydrogens is 313 g/mol. The van der Waals surface area contributed by atoms with Crippen molar-refractivity contribution in [3.05, 3.63) is 40.3 Å². The molecule has 8 heteroatoms. The Kier molecular flexibility index (Phi) is 3.57. The monoisotopic (exact) mass is 323 g/mol. The van der Waals surface area contributed by atoms with Crippen LogP contribution in [0, 0.1) is 6.92 Å². The van der Waals surface area contributed by atoms with Crippen LogP contribution in [0.3, 0.4) is 0 Å². The number of benzene rings is 1. The molecule has 0 spiro atoms. The Labute approximate surface area is 130 Å². The summed E-state index contributed by atoms with van der Waals surface area (Å²) in [5, 5.41) is 8.30. The first kappa shape index (κ1) is 13.9. The lowest BCUT2D eigenvalue weighted by atomic mass is 10.2. The number of hydrogen-bond acceptors (Lipinski definition) is 5. The third-order valence-electron chi connectivity index (χ3n) is 3.02. The van der Waals surface area contributed by atoms with E-state index in [0.717, 1.165) is 11.3 Å². The van der Waals surface area contributed by atoms with E-state index < -0.39 is 0 Å². The van der Waals surface area contributed by atoms with Crippen molar-refractivity contribution >= 4 is 40.5 Å². The molecule has 0 aliphatic carbocycles. The van der Waals surface area contributed by atoms with Gasteiger partial charge >= 0.3 is 0 Å². The Morgan fingerprint density at radius 1 is 1.29 bits per heavy atom. The molecule has 1 N–H and O–H groups in total. The van der Waals surface area contributed by atoms with Crippen molar-refractivity contribution in [1.82, 2.24) is 19.6 Å². The Morgan fingerprint density at radius 3 is 2.86 bits per heavy atom. The van der Waals surface area contributed by atoms with Crippen LogP contribution in [0.25, 0.3) is 5.78 Å². The molecule has 0 radical (unpaired) electrons. The van der Waals surface area contributed by atoms with Gasteiger partial charge in [-0.25, -0.2) is 0 Å². The summed E-state index contributed by atoms with van der Waals surface area (Å²) >= 11 is 12.1. The topological polar surface area (TPSA) is 64.3 Å². The van der Waals surface area contributed by atoms with E-state index in [4.69, 9.17) is 27.9 Å². The number of nitrogens with zero attached hydrogens (tertiary/aromatic N) is 4. The number of fused-ring (bicyclic) bond motifs is 1. The Hall–Kier alpha value is -2.05. The number of methoxy groups -OCH3 is 1. The van der Waals surface area contributed by atoms with E-state index in [1.807, 2.05) is 13.0 Å². The fourth-order valence-electron chi connectivity index (χ4n) is 1.92. The van der Waals surface area contributed by atoms with E-state index in [1.165, 1.54) is 6.33 Å². The van der Waals surface area contributed by atoms with Gasteiger partial charge in [0, 0.05) is 17.3 Å². The lowest BCUT2D eigenvalue weighted by Gasteiger charge is -2.13. The van der Waals surface area contributed by atoms with Crippen LogP contribution in [0.5, 0.6) is 5.75 Å². The third-order valence-corrected chi connectivity index (χ3v) is 3.70. The van der Waals surface area contributed by atoms with Crippen LogP contribution in [-0.4, -0.2) is 26.7 Å². The van der Waals surface area contributed by atoms with Crippen LogP contribution in [0.1, 0.15) is 5.56 Å². The van der Waals surface area contributed by atoms with E-state index in [0.29, 0.717) is 27.5 Å². The van der Waals surface area contributed by atoms with Gasteiger partial charge in [-0.05, 0) is 19.1 Å². The number of hydrogen-bond donors (Lipinski definition) is 1. The van der Waals surface area contributed by atoms with Crippen molar-refractivity contribution in [1.29, 1.82) is 0 Å². The predicted octanol–water partition coefficient (Wildman–Crippen LogP) is 3.49. The molecular formula is C13H11Cl2N5O. The van der Waals surface area contributed by atoms with Crippen molar-refractivity contribution in [2.75, 3.05) is 12.4 Å². The maximum Gasteiger partial charge on any atom is 0.255 e. The van der Waals surface area contributed by atoms with E-state index in [-0.39, 0.29) is 0 Å². The zero-order chi connectivity index (χ0) is 15.0. The fourth-order valence-corrected chi connectivity index (χ4v) is 2.28. The van der Waals surface area contributed by atoms with Gasteiger partial charge in [0.25, 0.3) is 5.78 Å². The molecule has 3 rings (SSSR count). The molecule has 1 aromatic carbocycles. The van der Waals surface area contributed by atoms with Gasteiger partial charge in [0.05, 0.1) is 12.1 Å². The minimum atomic E-state index is 0.374. The van der Waals surface area contributed by atoms with Gasteiger partial charge in [0.2, 0.25) is 0 Å². The quantitative estimate of drug-likeness (QED) is 0.747. The predicted molar refractivity (Wildman–Crippen MR) is 81.8 cm³/mol. The smallest absolute Gasteiger partial charge is 0.255 e. The zero-order valence-electron chi connectivity index (χ0n) is 11.3. The first-order chi connectivity index (χ1) is 10.1. The molecule has 0 atom stereocenters. The van der Waals surface area contributed by atoms with Gasteiger partial charge in [-0.15, -0.1) is 0 Å². The number of halogens is 2. The maximum absolute atomic E-state index is 6.12. The second kappa shape index (κ2) is 5.38. The highest BCUT2D eigenvalue weighted by atomic mass is 35.5. The van der Waals surface area contributed by atoms with Crippen LogP contribution in [0.2, 0.25) is 10.2 Å². The zero-order valence-corrected chi connectivity index (χ0v) is 12.8. The lowest BCUT2D eigenvalue weighted by Crippen LogP contribution is -2.05. The van der Waals surface area contributed by atoms with E-state index >= 15 is 0 Å². The van der Waals surface area contributed by atoms with Crippen molar-refractivity contribution in [3.63, 3.8) is 0 Å². The summed E-state index contributed by atoms with van der Waals surface area (Å²) in [7, 11) is 1.56. The normalized spacial score (nSPS) is 10.9. The standard InChI is InChI=1S/C13H11Cl2N5O/c1-7-11(15)19-13-16-6-17-20(13)12(7)18-8-3-4-9(14)10(5-8)21-2/h3-6,18H,1-2H3. The largest absolute Gasteiger partial charge is 0.495 e. The van der Waals surface area contributed by atoms with Crippen LogP contribution in [-0.2, 0) is 0 Å². The Balaban J connectivity index is 2.09. The fraction of sp³-hybridized carbons (Fsp3) is 0.154. The molecule has 0 aliphatic rings. The van der Waals surface area contributed by atoms with Crippen molar-refractivity contribution in [2.45, 2.75) is 6.92 Å². The highest BCUT2D eigenvalue weighted by Gasteiger charge is 2.13. The summed E-state index contributed by atoms with van der Waals surface area (Å²) in [6.45, 7) is 1.85. The molecule has 0 saturated heterocycles.